The summed E-state index contributed by atoms with van der Waals surface area (Å²) in [5.74, 6) is -0.423. The van der Waals surface area contributed by atoms with Gasteiger partial charge in [-0.3, -0.25) is 14.9 Å². The first-order valence-electron chi connectivity index (χ1n) is 4.85. The van der Waals surface area contributed by atoms with Crippen LogP contribution in [-0.2, 0) is 0 Å². The summed E-state index contributed by atoms with van der Waals surface area (Å²) >= 11 is 11.5. The molecule has 1 rings (SSSR count). The van der Waals surface area contributed by atoms with Gasteiger partial charge in [0.25, 0.3) is 5.69 Å². The minimum atomic E-state index is -0.662. The highest BCUT2D eigenvalue weighted by molar-refractivity contribution is 6.38. The number of nitro groups is 1. The molecule has 18 heavy (non-hydrogen) atoms. The number of rotatable bonds is 4. The molecule has 0 aliphatic rings. The summed E-state index contributed by atoms with van der Waals surface area (Å²) in [7, 11) is 3.49. The SMILES string of the molecule is CN(C)/C=C/C(=O)c1cc([N+](=O)[O-])c(Cl)cc1Cl. The number of allylic oxidation sites excluding steroid dienone is 1. The molecule has 0 bridgehead atoms. The van der Waals surface area contributed by atoms with Crippen molar-refractivity contribution < 1.29 is 9.72 Å². The Morgan fingerprint density at radius 1 is 1.33 bits per heavy atom. The predicted molar refractivity (Wildman–Crippen MR) is 70.3 cm³/mol. The Labute approximate surface area is 114 Å². The van der Waals surface area contributed by atoms with E-state index in [1.54, 1.807) is 19.0 Å². The first-order chi connectivity index (χ1) is 8.32. The average molecular weight is 289 g/mol. The predicted octanol–water partition coefficient (Wildman–Crippen LogP) is 3.16. The molecule has 1 aromatic rings. The lowest BCUT2D eigenvalue weighted by molar-refractivity contribution is -0.384. The molecule has 0 saturated carbocycles. The number of nitrogens with zero attached hydrogens (tertiary/aromatic N) is 2. The van der Waals surface area contributed by atoms with Crippen LogP contribution in [0.15, 0.2) is 24.4 Å². The van der Waals surface area contributed by atoms with Crippen LogP contribution in [0.25, 0.3) is 0 Å². The lowest BCUT2D eigenvalue weighted by atomic mass is 10.1. The third-order valence-corrected chi connectivity index (χ3v) is 2.64. The van der Waals surface area contributed by atoms with Crippen molar-refractivity contribution in [3.05, 3.63) is 50.1 Å². The second kappa shape index (κ2) is 5.84. The number of carbonyl (C=O) groups excluding carboxylic acids is 1. The van der Waals surface area contributed by atoms with E-state index in [4.69, 9.17) is 23.2 Å². The summed E-state index contributed by atoms with van der Waals surface area (Å²) in [6.45, 7) is 0. The van der Waals surface area contributed by atoms with E-state index in [0.717, 1.165) is 6.07 Å². The van der Waals surface area contributed by atoms with Crippen LogP contribution in [0.3, 0.4) is 0 Å². The fourth-order valence-electron chi connectivity index (χ4n) is 1.17. The van der Waals surface area contributed by atoms with Crippen molar-refractivity contribution in [2.45, 2.75) is 0 Å². The molecule has 0 fully saturated rings. The van der Waals surface area contributed by atoms with Gasteiger partial charge in [0.1, 0.15) is 5.02 Å². The first kappa shape index (κ1) is 14.5. The molecule has 1 aromatic carbocycles. The van der Waals surface area contributed by atoms with E-state index in [1.165, 1.54) is 18.3 Å². The number of nitro benzene ring substituents is 1. The Kier molecular flexibility index (Phi) is 4.69. The number of hydrogen-bond donors (Lipinski definition) is 0. The normalized spacial score (nSPS) is 10.7. The maximum Gasteiger partial charge on any atom is 0.288 e. The fourth-order valence-corrected chi connectivity index (χ4v) is 1.72. The summed E-state index contributed by atoms with van der Waals surface area (Å²) in [6.07, 6.45) is 2.80. The monoisotopic (exact) mass is 288 g/mol. The van der Waals surface area contributed by atoms with Crippen molar-refractivity contribution in [2.75, 3.05) is 14.1 Å². The van der Waals surface area contributed by atoms with Crippen molar-refractivity contribution >= 4 is 34.7 Å². The molecular weight excluding hydrogens is 279 g/mol. The smallest absolute Gasteiger partial charge is 0.288 e. The van der Waals surface area contributed by atoms with Crippen LogP contribution in [0.1, 0.15) is 10.4 Å². The Balaban J connectivity index is 3.20. The zero-order valence-corrected chi connectivity index (χ0v) is 11.2. The molecule has 0 unspecified atom stereocenters. The number of halogens is 2. The zero-order valence-electron chi connectivity index (χ0n) is 9.68. The molecule has 0 saturated heterocycles. The molecule has 5 nitrogen and oxygen atoms in total. The lowest BCUT2D eigenvalue weighted by Gasteiger charge is -2.04. The second-order valence-corrected chi connectivity index (χ2v) is 4.50. The average Bonchev–Trinajstić information content (AvgIpc) is 2.25. The standard InChI is InChI=1S/C11H10Cl2N2O3/c1-14(2)4-3-11(16)7-5-10(15(17)18)9(13)6-8(7)12/h3-6H,1-2H3/b4-3+. The number of benzene rings is 1. The van der Waals surface area contributed by atoms with Gasteiger partial charge in [-0.15, -0.1) is 0 Å². The molecule has 0 heterocycles. The van der Waals surface area contributed by atoms with E-state index in [2.05, 4.69) is 0 Å². The summed E-state index contributed by atoms with van der Waals surface area (Å²) in [4.78, 5) is 23.5. The quantitative estimate of drug-likeness (QED) is 0.369. The van der Waals surface area contributed by atoms with Gasteiger partial charge in [0, 0.05) is 38.0 Å². The molecule has 0 atom stereocenters. The minimum Gasteiger partial charge on any atom is -0.383 e. The van der Waals surface area contributed by atoms with Gasteiger partial charge in [0.05, 0.1) is 9.95 Å². The van der Waals surface area contributed by atoms with E-state index in [-0.39, 0.29) is 21.3 Å². The molecule has 0 amide bonds. The van der Waals surface area contributed by atoms with Gasteiger partial charge in [0.2, 0.25) is 0 Å². The van der Waals surface area contributed by atoms with Gasteiger partial charge in [-0.1, -0.05) is 23.2 Å². The summed E-state index contributed by atoms with van der Waals surface area (Å²) in [5, 5.41) is 10.7. The van der Waals surface area contributed by atoms with Crippen LogP contribution in [0.4, 0.5) is 5.69 Å². The lowest BCUT2D eigenvalue weighted by Crippen LogP contribution is -2.04. The highest BCUT2D eigenvalue weighted by Gasteiger charge is 2.18. The van der Waals surface area contributed by atoms with Gasteiger partial charge >= 0.3 is 0 Å². The fraction of sp³-hybridized carbons (Fsp3) is 0.182. The van der Waals surface area contributed by atoms with Crippen LogP contribution in [0, 0.1) is 10.1 Å². The van der Waals surface area contributed by atoms with Crippen molar-refractivity contribution in [1.29, 1.82) is 0 Å². The van der Waals surface area contributed by atoms with Crippen molar-refractivity contribution in [1.82, 2.24) is 4.90 Å². The van der Waals surface area contributed by atoms with Crippen molar-refractivity contribution in [2.24, 2.45) is 0 Å². The Hall–Kier alpha value is -1.59. The first-order valence-corrected chi connectivity index (χ1v) is 5.61. The van der Waals surface area contributed by atoms with E-state index in [1.807, 2.05) is 0 Å². The van der Waals surface area contributed by atoms with Gasteiger partial charge in [0.15, 0.2) is 5.78 Å². The van der Waals surface area contributed by atoms with Crippen molar-refractivity contribution in [3.63, 3.8) is 0 Å². The van der Waals surface area contributed by atoms with E-state index >= 15 is 0 Å². The summed E-state index contributed by atoms with van der Waals surface area (Å²) in [5.41, 5.74) is -0.298. The molecule has 7 heteroatoms. The molecule has 96 valence electrons. The van der Waals surface area contributed by atoms with Crippen LogP contribution in [0.5, 0.6) is 0 Å². The molecule has 0 radical (unpaired) electrons. The van der Waals surface area contributed by atoms with E-state index in [9.17, 15) is 14.9 Å². The Morgan fingerprint density at radius 2 is 1.94 bits per heavy atom. The molecule has 0 aliphatic heterocycles. The molecule has 0 N–H and O–H groups in total. The number of ketones is 1. The molecule has 0 aliphatic carbocycles. The zero-order chi connectivity index (χ0) is 13.9. The summed E-state index contributed by atoms with van der Waals surface area (Å²) < 4.78 is 0. The highest BCUT2D eigenvalue weighted by Crippen LogP contribution is 2.31. The third-order valence-electron chi connectivity index (χ3n) is 2.02. The van der Waals surface area contributed by atoms with E-state index < -0.39 is 10.7 Å². The second-order valence-electron chi connectivity index (χ2n) is 3.68. The van der Waals surface area contributed by atoms with Crippen molar-refractivity contribution in [3.8, 4) is 0 Å². The Morgan fingerprint density at radius 3 is 2.44 bits per heavy atom. The molecule has 0 spiro atoms. The Bertz CT molecular complexity index is 527. The van der Waals surface area contributed by atoms with Gasteiger partial charge in [-0.25, -0.2) is 0 Å². The van der Waals surface area contributed by atoms with Gasteiger partial charge < -0.3 is 4.90 Å². The maximum atomic E-state index is 11.8. The number of carbonyl (C=O) groups is 1. The third kappa shape index (κ3) is 3.45. The van der Waals surface area contributed by atoms with Gasteiger partial charge in [-0.05, 0) is 6.07 Å². The molecular formula is C11H10Cl2N2O3. The van der Waals surface area contributed by atoms with Gasteiger partial charge in [-0.2, -0.15) is 0 Å². The topological polar surface area (TPSA) is 63.5 Å². The minimum absolute atomic E-state index is 0.0471. The molecule has 0 aromatic heterocycles. The maximum absolute atomic E-state index is 11.8. The van der Waals surface area contributed by atoms with Crippen LogP contribution >= 0.6 is 23.2 Å². The largest absolute Gasteiger partial charge is 0.383 e. The van der Waals surface area contributed by atoms with E-state index in [0.29, 0.717) is 0 Å². The number of hydrogen-bond acceptors (Lipinski definition) is 4. The van der Waals surface area contributed by atoms with Crippen LogP contribution < -0.4 is 0 Å². The van der Waals surface area contributed by atoms with Crippen LogP contribution in [-0.4, -0.2) is 29.7 Å². The highest BCUT2D eigenvalue weighted by atomic mass is 35.5. The summed E-state index contributed by atoms with van der Waals surface area (Å²) in [6, 6.07) is 2.27. The van der Waals surface area contributed by atoms with Crippen LogP contribution in [0.2, 0.25) is 10.0 Å².